The molecule has 3 aromatic rings. The number of nitrogens with one attached hydrogen (secondary N) is 1. The molecule has 0 bridgehead atoms. The number of nitrogens with zero attached hydrogens (tertiary/aromatic N) is 2. The Labute approximate surface area is 123 Å². The third-order valence-electron chi connectivity index (χ3n) is 3.58. The van der Waals surface area contributed by atoms with E-state index in [0.29, 0.717) is 0 Å². The Hall–Kier alpha value is -2.46. The number of rotatable bonds is 4. The Kier molecular flexibility index (Phi) is 3.79. The largest absolute Gasteiger partial charge is 0.377 e. The number of hydrogen-bond donors (Lipinski definition) is 1. The normalized spacial score (nSPS) is 12.3. The lowest BCUT2D eigenvalue weighted by atomic mass is 10.0. The van der Waals surface area contributed by atoms with E-state index in [-0.39, 0.29) is 6.10 Å². The average Bonchev–Trinajstić information content (AvgIpc) is 3.04. The van der Waals surface area contributed by atoms with Crippen LogP contribution in [0.2, 0.25) is 0 Å². The first-order chi connectivity index (χ1) is 10.3. The summed E-state index contributed by atoms with van der Waals surface area (Å²) in [5.41, 5.74) is 5.10. The zero-order valence-corrected chi connectivity index (χ0v) is 12.1. The summed E-state index contributed by atoms with van der Waals surface area (Å²) in [4.78, 5) is 4.39. The molecular formula is C17H17N3O. The van der Waals surface area contributed by atoms with E-state index in [2.05, 4.69) is 33.4 Å². The van der Waals surface area contributed by atoms with Crippen molar-refractivity contribution in [3.63, 3.8) is 0 Å². The fraction of sp³-hybridized carbons (Fsp3) is 0.176. The van der Waals surface area contributed by atoms with Gasteiger partial charge in [-0.25, -0.2) is 0 Å². The second-order valence-electron chi connectivity index (χ2n) is 4.88. The fourth-order valence-electron chi connectivity index (χ4n) is 2.31. The van der Waals surface area contributed by atoms with Crippen LogP contribution in [0.25, 0.3) is 22.5 Å². The van der Waals surface area contributed by atoms with Gasteiger partial charge in [-0.1, -0.05) is 24.3 Å². The van der Waals surface area contributed by atoms with Crippen LogP contribution in [0.1, 0.15) is 18.6 Å². The van der Waals surface area contributed by atoms with Crippen molar-refractivity contribution in [2.24, 2.45) is 0 Å². The monoisotopic (exact) mass is 279 g/mol. The first kappa shape index (κ1) is 13.5. The molecule has 0 aliphatic carbocycles. The van der Waals surface area contributed by atoms with Gasteiger partial charge in [-0.05, 0) is 36.2 Å². The second kappa shape index (κ2) is 5.89. The Morgan fingerprint density at radius 3 is 2.81 bits per heavy atom. The van der Waals surface area contributed by atoms with Crippen LogP contribution in [0, 0.1) is 0 Å². The predicted octanol–water partition coefficient (Wildman–Crippen LogP) is 3.85. The molecule has 0 aliphatic rings. The van der Waals surface area contributed by atoms with Crippen molar-refractivity contribution in [2.75, 3.05) is 7.11 Å². The molecule has 4 nitrogen and oxygen atoms in total. The van der Waals surface area contributed by atoms with E-state index in [0.717, 1.165) is 28.1 Å². The van der Waals surface area contributed by atoms with Crippen LogP contribution in [0.5, 0.6) is 0 Å². The van der Waals surface area contributed by atoms with Gasteiger partial charge in [-0.2, -0.15) is 5.10 Å². The second-order valence-corrected chi connectivity index (χ2v) is 4.88. The van der Waals surface area contributed by atoms with Gasteiger partial charge in [0.2, 0.25) is 0 Å². The molecule has 1 atom stereocenters. The number of H-pyrrole nitrogens is 1. The molecule has 106 valence electrons. The Balaban J connectivity index is 2.05. The van der Waals surface area contributed by atoms with Crippen LogP contribution >= 0.6 is 0 Å². The van der Waals surface area contributed by atoms with E-state index >= 15 is 0 Å². The third-order valence-corrected chi connectivity index (χ3v) is 3.58. The van der Waals surface area contributed by atoms with E-state index in [4.69, 9.17) is 4.74 Å². The van der Waals surface area contributed by atoms with Crippen molar-refractivity contribution in [1.29, 1.82) is 0 Å². The molecule has 2 heterocycles. The van der Waals surface area contributed by atoms with Crippen LogP contribution < -0.4 is 0 Å². The maximum absolute atomic E-state index is 5.39. The first-order valence-electron chi connectivity index (χ1n) is 6.87. The average molecular weight is 279 g/mol. The predicted molar refractivity (Wildman–Crippen MR) is 82.7 cm³/mol. The first-order valence-corrected chi connectivity index (χ1v) is 6.87. The van der Waals surface area contributed by atoms with Crippen molar-refractivity contribution in [3.8, 4) is 22.5 Å². The minimum atomic E-state index is 0.0650. The number of aromatic amines is 1. The van der Waals surface area contributed by atoms with Crippen molar-refractivity contribution in [2.45, 2.75) is 13.0 Å². The quantitative estimate of drug-likeness (QED) is 0.789. The maximum atomic E-state index is 5.39. The van der Waals surface area contributed by atoms with E-state index in [1.807, 2.05) is 37.4 Å². The summed E-state index contributed by atoms with van der Waals surface area (Å²) in [6, 6.07) is 14.2. The Bertz CT molecular complexity index is 722. The van der Waals surface area contributed by atoms with Crippen LogP contribution in [0.4, 0.5) is 0 Å². The van der Waals surface area contributed by atoms with Gasteiger partial charge in [0.1, 0.15) is 0 Å². The van der Waals surface area contributed by atoms with Crippen LogP contribution in [0.15, 0.2) is 54.9 Å². The molecule has 21 heavy (non-hydrogen) atoms. The highest BCUT2D eigenvalue weighted by atomic mass is 16.5. The summed E-state index contributed by atoms with van der Waals surface area (Å²) in [7, 11) is 1.72. The SMILES string of the molecule is CO[C@@H](C)c1cccc(-c2cn[nH]c2-c2ccccn2)c1. The molecule has 0 unspecified atom stereocenters. The lowest BCUT2D eigenvalue weighted by Crippen LogP contribution is -1.95. The smallest absolute Gasteiger partial charge is 0.0912 e. The van der Waals surface area contributed by atoms with Gasteiger partial charge in [0.25, 0.3) is 0 Å². The third kappa shape index (κ3) is 2.71. The molecule has 1 N–H and O–H groups in total. The maximum Gasteiger partial charge on any atom is 0.0912 e. The van der Waals surface area contributed by atoms with E-state index in [9.17, 15) is 0 Å². The molecule has 2 aromatic heterocycles. The van der Waals surface area contributed by atoms with Crippen LogP contribution in [-0.4, -0.2) is 22.3 Å². The molecule has 1 aromatic carbocycles. The molecule has 0 spiro atoms. The highest BCUT2D eigenvalue weighted by Crippen LogP contribution is 2.30. The standard InChI is InChI=1S/C17H17N3O/c1-12(21-2)13-6-5-7-14(10-13)15-11-19-20-17(15)16-8-3-4-9-18-16/h3-12H,1-2H3,(H,19,20)/t12-/m0/s1. The van der Waals surface area contributed by atoms with Crippen LogP contribution in [0.3, 0.4) is 0 Å². The van der Waals surface area contributed by atoms with Gasteiger partial charge in [0.05, 0.1) is 23.7 Å². The van der Waals surface area contributed by atoms with E-state index in [1.165, 1.54) is 0 Å². The molecule has 0 fully saturated rings. The number of aromatic nitrogens is 3. The van der Waals surface area contributed by atoms with Gasteiger partial charge in [-0.15, -0.1) is 0 Å². The fourth-order valence-corrected chi connectivity index (χ4v) is 2.31. The molecule has 0 aliphatic heterocycles. The lowest BCUT2D eigenvalue weighted by Gasteiger charge is -2.11. The molecule has 0 saturated carbocycles. The molecule has 4 heteroatoms. The number of pyridine rings is 1. The Morgan fingerprint density at radius 2 is 2.05 bits per heavy atom. The summed E-state index contributed by atoms with van der Waals surface area (Å²) < 4.78 is 5.39. The van der Waals surface area contributed by atoms with Crippen molar-refractivity contribution >= 4 is 0 Å². The van der Waals surface area contributed by atoms with Crippen LogP contribution in [-0.2, 0) is 4.74 Å². The highest BCUT2D eigenvalue weighted by Gasteiger charge is 2.12. The van der Waals surface area contributed by atoms with Gasteiger partial charge in [-0.3, -0.25) is 10.1 Å². The summed E-state index contributed by atoms with van der Waals surface area (Å²) in [6.07, 6.45) is 3.68. The van der Waals surface area contributed by atoms with Crippen molar-refractivity contribution in [3.05, 3.63) is 60.4 Å². The zero-order valence-electron chi connectivity index (χ0n) is 12.1. The summed E-state index contributed by atoms with van der Waals surface area (Å²) >= 11 is 0. The lowest BCUT2D eigenvalue weighted by molar-refractivity contribution is 0.119. The Morgan fingerprint density at radius 1 is 1.14 bits per heavy atom. The molecule has 0 amide bonds. The summed E-state index contributed by atoms with van der Waals surface area (Å²) in [5, 5.41) is 7.21. The van der Waals surface area contributed by atoms with E-state index in [1.54, 1.807) is 13.3 Å². The molecule has 0 saturated heterocycles. The van der Waals surface area contributed by atoms with Gasteiger partial charge in [0, 0.05) is 18.9 Å². The van der Waals surface area contributed by atoms with Gasteiger partial charge in [0.15, 0.2) is 0 Å². The number of benzene rings is 1. The van der Waals surface area contributed by atoms with Crippen molar-refractivity contribution in [1.82, 2.24) is 15.2 Å². The van der Waals surface area contributed by atoms with Gasteiger partial charge < -0.3 is 4.74 Å². The highest BCUT2D eigenvalue weighted by molar-refractivity contribution is 5.78. The van der Waals surface area contributed by atoms with Gasteiger partial charge >= 0.3 is 0 Å². The minimum absolute atomic E-state index is 0.0650. The number of ether oxygens (including phenoxy) is 1. The molecular weight excluding hydrogens is 262 g/mol. The summed E-state index contributed by atoms with van der Waals surface area (Å²) in [6.45, 7) is 2.04. The number of hydrogen-bond acceptors (Lipinski definition) is 3. The topological polar surface area (TPSA) is 50.8 Å². The minimum Gasteiger partial charge on any atom is -0.377 e. The zero-order chi connectivity index (χ0) is 14.7. The number of methoxy groups -OCH3 is 1. The molecule has 3 rings (SSSR count). The molecule has 0 radical (unpaired) electrons. The van der Waals surface area contributed by atoms with E-state index < -0.39 is 0 Å². The summed E-state index contributed by atoms with van der Waals surface area (Å²) in [5.74, 6) is 0. The van der Waals surface area contributed by atoms with Crippen molar-refractivity contribution < 1.29 is 4.74 Å².